The maximum absolute atomic E-state index is 4.45. The minimum Gasteiger partial charge on any atom is -0.293 e. The summed E-state index contributed by atoms with van der Waals surface area (Å²) < 4.78 is 1.85. The summed E-state index contributed by atoms with van der Waals surface area (Å²) in [4.78, 5) is 4.45. The van der Waals surface area contributed by atoms with Crippen molar-refractivity contribution in [3.8, 4) is 0 Å². The molecule has 1 aliphatic carbocycles. The zero-order chi connectivity index (χ0) is 14.7. The van der Waals surface area contributed by atoms with Crippen molar-refractivity contribution in [3.63, 3.8) is 0 Å². The average Bonchev–Trinajstić information content (AvgIpc) is 3.05. The Kier molecular flexibility index (Phi) is 3.95. The Labute approximate surface area is 124 Å². The van der Waals surface area contributed by atoms with Gasteiger partial charge in [0.2, 0.25) is 0 Å². The smallest absolute Gasteiger partial charge is 0.113 e. The molecule has 1 saturated carbocycles. The SMILES string of the molecule is C/C=C(/C=C\C=N/CC1CC1C)n1nnc2ccccc21. The summed E-state index contributed by atoms with van der Waals surface area (Å²) in [5.41, 5.74) is 2.91. The number of para-hydroxylation sites is 1. The minimum atomic E-state index is 0.801. The molecule has 0 aliphatic heterocycles. The van der Waals surface area contributed by atoms with Crippen LogP contribution in [0.15, 0.2) is 47.5 Å². The second-order valence-electron chi connectivity index (χ2n) is 5.55. The number of nitrogens with zero attached hydrogens (tertiary/aromatic N) is 4. The van der Waals surface area contributed by atoms with Gasteiger partial charge in [-0.3, -0.25) is 4.99 Å². The Bertz CT molecular complexity index is 708. The summed E-state index contributed by atoms with van der Waals surface area (Å²) in [7, 11) is 0. The summed E-state index contributed by atoms with van der Waals surface area (Å²) in [5.74, 6) is 1.66. The van der Waals surface area contributed by atoms with Gasteiger partial charge >= 0.3 is 0 Å². The summed E-state index contributed by atoms with van der Waals surface area (Å²) in [6, 6.07) is 7.96. The highest BCUT2D eigenvalue weighted by molar-refractivity contribution is 5.81. The van der Waals surface area contributed by atoms with E-state index in [2.05, 4.69) is 22.2 Å². The molecule has 0 spiro atoms. The Morgan fingerprint density at radius 2 is 2.24 bits per heavy atom. The molecule has 1 aliphatic rings. The van der Waals surface area contributed by atoms with E-state index >= 15 is 0 Å². The largest absolute Gasteiger partial charge is 0.293 e. The van der Waals surface area contributed by atoms with Crippen LogP contribution in [0.25, 0.3) is 16.7 Å². The molecule has 21 heavy (non-hydrogen) atoms. The third-order valence-corrected chi connectivity index (χ3v) is 3.97. The molecule has 4 nitrogen and oxygen atoms in total. The fourth-order valence-electron chi connectivity index (χ4n) is 2.40. The van der Waals surface area contributed by atoms with E-state index in [1.54, 1.807) is 0 Å². The summed E-state index contributed by atoms with van der Waals surface area (Å²) >= 11 is 0. The van der Waals surface area contributed by atoms with Gasteiger partial charge in [0.1, 0.15) is 5.52 Å². The van der Waals surface area contributed by atoms with Crippen LogP contribution in [0.4, 0.5) is 0 Å². The van der Waals surface area contributed by atoms with E-state index in [1.165, 1.54) is 6.42 Å². The molecule has 2 unspecified atom stereocenters. The van der Waals surface area contributed by atoms with Crippen LogP contribution >= 0.6 is 0 Å². The molecular weight excluding hydrogens is 260 g/mol. The normalized spacial score (nSPS) is 22.7. The quantitative estimate of drug-likeness (QED) is 0.620. The van der Waals surface area contributed by atoms with E-state index in [1.807, 2.05) is 60.3 Å². The first-order chi connectivity index (χ1) is 10.3. The van der Waals surface area contributed by atoms with Crippen LogP contribution in [0.3, 0.4) is 0 Å². The van der Waals surface area contributed by atoms with Crippen LogP contribution < -0.4 is 0 Å². The Morgan fingerprint density at radius 1 is 1.43 bits per heavy atom. The van der Waals surface area contributed by atoms with Crippen molar-refractivity contribution in [2.24, 2.45) is 16.8 Å². The standard InChI is InChI=1S/C17H20N4/c1-3-15(7-6-10-18-12-14-11-13(14)2)21-17-9-5-4-8-16(17)19-20-21/h3-10,13-14H,11-12H2,1-2H3/b7-6-,15-3-,18-10-. The van der Waals surface area contributed by atoms with Crippen molar-refractivity contribution in [2.45, 2.75) is 20.3 Å². The fraction of sp³-hybridized carbons (Fsp3) is 0.353. The van der Waals surface area contributed by atoms with Gasteiger partial charge in [-0.1, -0.05) is 30.3 Å². The van der Waals surface area contributed by atoms with Gasteiger partial charge in [0, 0.05) is 12.8 Å². The predicted octanol–water partition coefficient (Wildman–Crippen LogP) is 3.58. The number of rotatable bonds is 5. The molecule has 1 aromatic heterocycles. The van der Waals surface area contributed by atoms with Gasteiger partial charge in [-0.15, -0.1) is 5.10 Å². The highest BCUT2D eigenvalue weighted by atomic mass is 15.4. The highest BCUT2D eigenvalue weighted by Gasteiger charge is 2.31. The maximum atomic E-state index is 4.45. The van der Waals surface area contributed by atoms with Crippen molar-refractivity contribution in [2.75, 3.05) is 6.54 Å². The van der Waals surface area contributed by atoms with E-state index < -0.39 is 0 Å². The molecule has 1 aromatic carbocycles. The molecule has 0 radical (unpaired) electrons. The van der Waals surface area contributed by atoms with Crippen molar-refractivity contribution in [3.05, 3.63) is 42.5 Å². The predicted molar refractivity (Wildman–Crippen MR) is 87.2 cm³/mol. The van der Waals surface area contributed by atoms with Gasteiger partial charge in [-0.2, -0.15) is 0 Å². The van der Waals surface area contributed by atoms with Crippen LogP contribution in [0.2, 0.25) is 0 Å². The first kappa shape index (κ1) is 13.7. The number of fused-ring (bicyclic) bond motifs is 1. The van der Waals surface area contributed by atoms with Crippen LogP contribution in [-0.2, 0) is 0 Å². The lowest BCUT2D eigenvalue weighted by atomic mass is 10.3. The van der Waals surface area contributed by atoms with E-state index in [0.717, 1.165) is 35.1 Å². The third kappa shape index (κ3) is 3.10. The molecule has 0 bridgehead atoms. The van der Waals surface area contributed by atoms with Gasteiger partial charge in [0.05, 0.1) is 11.2 Å². The number of allylic oxidation sites excluding steroid dienone is 4. The second kappa shape index (κ2) is 6.04. The number of hydrogen-bond donors (Lipinski definition) is 0. The van der Waals surface area contributed by atoms with Crippen LogP contribution in [0.1, 0.15) is 20.3 Å². The number of aromatic nitrogens is 3. The lowest BCUT2D eigenvalue weighted by Crippen LogP contribution is -1.97. The molecular formula is C17H20N4. The minimum absolute atomic E-state index is 0.801. The molecule has 0 saturated heterocycles. The molecule has 108 valence electrons. The third-order valence-electron chi connectivity index (χ3n) is 3.97. The highest BCUT2D eigenvalue weighted by Crippen LogP contribution is 2.37. The zero-order valence-corrected chi connectivity index (χ0v) is 12.5. The molecule has 0 N–H and O–H groups in total. The molecule has 4 heteroatoms. The summed E-state index contributed by atoms with van der Waals surface area (Å²) in [6.45, 7) is 5.23. The van der Waals surface area contributed by atoms with Gasteiger partial charge < -0.3 is 0 Å². The lowest BCUT2D eigenvalue weighted by Gasteiger charge is -2.01. The van der Waals surface area contributed by atoms with Crippen LogP contribution in [-0.4, -0.2) is 27.8 Å². The Morgan fingerprint density at radius 3 is 3.00 bits per heavy atom. The molecule has 1 fully saturated rings. The molecule has 1 heterocycles. The lowest BCUT2D eigenvalue weighted by molar-refractivity contribution is 0.764. The van der Waals surface area contributed by atoms with E-state index in [0.29, 0.717) is 0 Å². The Balaban J connectivity index is 1.70. The van der Waals surface area contributed by atoms with Crippen molar-refractivity contribution in [1.29, 1.82) is 0 Å². The van der Waals surface area contributed by atoms with E-state index in [-0.39, 0.29) is 0 Å². The van der Waals surface area contributed by atoms with Crippen molar-refractivity contribution >= 4 is 22.9 Å². The average molecular weight is 280 g/mol. The molecule has 3 rings (SSSR count). The number of benzene rings is 1. The van der Waals surface area contributed by atoms with E-state index in [4.69, 9.17) is 0 Å². The molecule has 2 aromatic rings. The first-order valence-corrected chi connectivity index (χ1v) is 7.43. The van der Waals surface area contributed by atoms with Crippen molar-refractivity contribution < 1.29 is 0 Å². The van der Waals surface area contributed by atoms with Gasteiger partial charge in [-0.05, 0) is 49.5 Å². The molecule has 2 atom stereocenters. The summed E-state index contributed by atoms with van der Waals surface area (Å²) in [6.07, 6.45) is 9.22. The number of aliphatic imine (C=N–C) groups is 1. The first-order valence-electron chi connectivity index (χ1n) is 7.43. The van der Waals surface area contributed by atoms with Crippen LogP contribution in [0.5, 0.6) is 0 Å². The molecule has 0 amide bonds. The second-order valence-corrected chi connectivity index (χ2v) is 5.55. The monoisotopic (exact) mass is 280 g/mol. The number of hydrogen-bond acceptors (Lipinski definition) is 3. The fourth-order valence-corrected chi connectivity index (χ4v) is 2.40. The summed E-state index contributed by atoms with van der Waals surface area (Å²) in [5, 5.41) is 8.39. The van der Waals surface area contributed by atoms with Gasteiger partial charge in [0.25, 0.3) is 0 Å². The van der Waals surface area contributed by atoms with Gasteiger partial charge in [0.15, 0.2) is 0 Å². The zero-order valence-electron chi connectivity index (χ0n) is 12.5. The topological polar surface area (TPSA) is 43.1 Å². The van der Waals surface area contributed by atoms with E-state index in [9.17, 15) is 0 Å². The van der Waals surface area contributed by atoms with Crippen molar-refractivity contribution in [1.82, 2.24) is 15.0 Å². The maximum Gasteiger partial charge on any atom is 0.113 e. The Hall–Kier alpha value is -2.23. The van der Waals surface area contributed by atoms with Crippen LogP contribution in [0, 0.1) is 11.8 Å². The van der Waals surface area contributed by atoms with Gasteiger partial charge in [-0.25, -0.2) is 4.68 Å².